The molecular weight excluding hydrogens is 326 g/mol. The summed E-state index contributed by atoms with van der Waals surface area (Å²) in [6, 6.07) is 6.39. The lowest BCUT2D eigenvalue weighted by Crippen LogP contribution is -2.31. The molecule has 23 heavy (non-hydrogen) atoms. The molecule has 0 amide bonds. The number of sulfonamides is 1. The number of nitro groups is 1. The summed E-state index contributed by atoms with van der Waals surface area (Å²) in [6.07, 6.45) is 1.39. The zero-order valence-corrected chi connectivity index (χ0v) is 12.9. The molecule has 0 bridgehead atoms. The molecule has 4 N–H and O–H groups in total. The van der Waals surface area contributed by atoms with Crippen LogP contribution in [-0.2, 0) is 15.6 Å². The summed E-state index contributed by atoms with van der Waals surface area (Å²) in [5.74, 6) is 0.282. The van der Waals surface area contributed by atoms with Gasteiger partial charge in [-0.25, -0.2) is 13.6 Å². The first-order valence-electron chi connectivity index (χ1n) is 6.43. The van der Waals surface area contributed by atoms with Gasteiger partial charge < -0.3 is 14.8 Å². The van der Waals surface area contributed by atoms with Crippen LogP contribution in [0.5, 0.6) is 0 Å². The third-order valence-electron chi connectivity index (χ3n) is 3.16. The van der Waals surface area contributed by atoms with E-state index in [1.165, 1.54) is 19.3 Å². The van der Waals surface area contributed by atoms with E-state index >= 15 is 0 Å². The van der Waals surface area contributed by atoms with E-state index in [0.717, 1.165) is 12.1 Å². The average Bonchev–Trinajstić information content (AvgIpc) is 2.99. The van der Waals surface area contributed by atoms with Gasteiger partial charge in [-0.3, -0.25) is 10.1 Å². The molecule has 0 radical (unpaired) electrons. The first kappa shape index (κ1) is 16.9. The molecule has 1 aromatic carbocycles. The highest BCUT2D eigenvalue weighted by atomic mass is 32.2. The van der Waals surface area contributed by atoms with Crippen LogP contribution in [0, 0.1) is 10.1 Å². The zero-order chi connectivity index (χ0) is 17.3. The van der Waals surface area contributed by atoms with Crippen molar-refractivity contribution in [3.8, 4) is 0 Å². The van der Waals surface area contributed by atoms with Crippen molar-refractivity contribution in [3.63, 3.8) is 0 Å². The lowest BCUT2D eigenvalue weighted by molar-refractivity contribution is -0.385. The number of nitrogens with zero attached hydrogens (tertiary/aromatic N) is 1. The predicted octanol–water partition coefficient (Wildman–Crippen LogP) is 1.15. The second-order valence-corrected chi connectivity index (χ2v) is 6.62. The number of nitro benzene ring substituents is 1. The van der Waals surface area contributed by atoms with Crippen molar-refractivity contribution in [2.24, 2.45) is 5.14 Å². The van der Waals surface area contributed by atoms with Gasteiger partial charge in [-0.15, -0.1) is 0 Å². The van der Waals surface area contributed by atoms with Crippen LogP contribution < -0.4 is 10.5 Å². The maximum Gasteiger partial charge on any atom is 0.270 e. The Hall–Kier alpha value is -2.43. The van der Waals surface area contributed by atoms with Gasteiger partial charge in [0.05, 0.1) is 23.4 Å². The Bertz CT molecular complexity index is 814. The summed E-state index contributed by atoms with van der Waals surface area (Å²) < 4.78 is 28.3. The Labute approximate surface area is 131 Å². The van der Waals surface area contributed by atoms with Crippen LogP contribution in [0.15, 0.2) is 45.9 Å². The van der Waals surface area contributed by atoms with Crippen molar-refractivity contribution < 1.29 is 22.9 Å². The Morgan fingerprint density at radius 2 is 2.13 bits per heavy atom. The second-order valence-electron chi connectivity index (χ2n) is 5.09. The molecule has 0 fully saturated rings. The van der Waals surface area contributed by atoms with Crippen molar-refractivity contribution >= 4 is 21.4 Å². The lowest BCUT2D eigenvalue weighted by Gasteiger charge is -2.22. The quantitative estimate of drug-likeness (QED) is 0.527. The van der Waals surface area contributed by atoms with E-state index in [0.29, 0.717) is 0 Å². The molecule has 0 saturated heterocycles. The number of aliphatic hydroxyl groups is 1. The van der Waals surface area contributed by atoms with Crippen LogP contribution in [-0.4, -0.2) is 25.0 Å². The molecule has 1 atom stereocenters. The topological polar surface area (TPSA) is 149 Å². The Balaban J connectivity index is 2.31. The fourth-order valence-corrected chi connectivity index (χ4v) is 2.68. The van der Waals surface area contributed by atoms with Crippen molar-refractivity contribution in [3.05, 3.63) is 52.5 Å². The van der Waals surface area contributed by atoms with Crippen LogP contribution >= 0.6 is 0 Å². The molecule has 2 aromatic rings. The van der Waals surface area contributed by atoms with Gasteiger partial charge in [0.15, 0.2) is 0 Å². The fourth-order valence-electron chi connectivity index (χ4n) is 1.95. The SMILES string of the molecule is CC(O)(CNc1ccc([N+](=O)[O-])cc1S(N)(=O)=O)c1ccco1. The molecule has 1 heterocycles. The third-order valence-corrected chi connectivity index (χ3v) is 4.11. The number of furan rings is 1. The molecule has 9 nitrogen and oxygen atoms in total. The molecule has 0 saturated carbocycles. The average molecular weight is 341 g/mol. The molecule has 0 spiro atoms. The highest BCUT2D eigenvalue weighted by Crippen LogP contribution is 2.27. The maximum atomic E-state index is 11.6. The van der Waals surface area contributed by atoms with Crippen LogP contribution in [0.4, 0.5) is 11.4 Å². The number of nitrogens with one attached hydrogen (secondary N) is 1. The summed E-state index contributed by atoms with van der Waals surface area (Å²) in [7, 11) is -4.18. The van der Waals surface area contributed by atoms with Crippen LogP contribution in [0.2, 0.25) is 0 Å². The predicted molar refractivity (Wildman–Crippen MR) is 81.2 cm³/mol. The van der Waals surface area contributed by atoms with Crippen molar-refractivity contribution in [2.75, 3.05) is 11.9 Å². The molecule has 124 valence electrons. The molecule has 10 heteroatoms. The zero-order valence-electron chi connectivity index (χ0n) is 12.1. The standard InChI is InChI=1S/C13H15N3O6S/c1-13(17,12-3-2-6-22-12)8-15-10-5-4-9(16(18)19)7-11(10)23(14,20)21/h2-7,15,17H,8H2,1H3,(H2,14,20,21). The molecule has 0 aliphatic heterocycles. The first-order valence-corrected chi connectivity index (χ1v) is 7.97. The van der Waals surface area contributed by atoms with Gasteiger partial charge in [0.2, 0.25) is 10.0 Å². The van der Waals surface area contributed by atoms with Crippen LogP contribution in [0.3, 0.4) is 0 Å². The number of benzene rings is 1. The van der Waals surface area contributed by atoms with Gasteiger partial charge in [0.1, 0.15) is 16.3 Å². The summed E-state index contributed by atoms with van der Waals surface area (Å²) in [6.45, 7) is 1.38. The van der Waals surface area contributed by atoms with Crippen molar-refractivity contribution in [2.45, 2.75) is 17.4 Å². The Kier molecular flexibility index (Phi) is 4.41. The van der Waals surface area contributed by atoms with E-state index in [9.17, 15) is 23.6 Å². The number of primary sulfonamides is 1. The van der Waals surface area contributed by atoms with E-state index in [2.05, 4.69) is 5.32 Å². The molecule has 0 aliphatic carbocycles. The highest BCUT2D eigenvalue weighted by molar-refractivity contribution is 7.89. The largest absolute Gasteiger partial charge is 0.466 e. The van der Waals surface area contributed by atoms with Gasteiger partial charge in [-0.05, 0) is 25.1 Å². The molecule has 0 aliphatic rings. The monoisotopic (exact) mass is 341 g/mol. The number of hydrogen-bond donors (Lipinski definition) is 3. The second kappa shape index (κ2) is 5.99. The van der Waals surface area contributed by atoms with Crippen molar-refractivity contribution in [1.29, 1.82) is 0 Å². The van der Waals surface area contributed by atoms with E-state index in [1.54, 1.807) is 12.1 Å². The van der Waals surface area contributed by atoms with E-state index < -0.39 is 31.1 Å². The molecule has 2 rings (SSSR count). The number of non-ortho nitro benzene ring substituents is 1. The third kappa shape index (κ3) is 3.86. The number of rotatable bonds is 6. The Morgan fingerprint density at radius 3 is 2.65 bits per heavy atom. The van der Waals surface area contributed by atoms with Gasteiger partial charge in [-0.2, -0.15) is 0 Å². The van der Waals surface area contributed by atoms with Crippen LogP contribution in [0.1, 0.15) is 12.7 Å². The minimum absolute atomic E-state index is 0.0462. The van der Waals surface area contributed by atoms with Crippen LogP contribution in [0.25, 0.3) is 0 Å². The number of nitrogens with two attached hydrogens (primary N) is 1. The number of hydrogen-bond acceptors (Lipinski definition) is 7. The normalized spacial score (nSPS) is 14.2. The van der Waals surface area contributed by atoms with Gasteiger partial charge in [0, 0.05) is 12.1 Å². The van der Waals surface area contributed by atoms with Gasteiger partial charge >= 0.3 is 0 Å². The summed E-state index contributed by atoms with van der Waals surface area (Å²) in [5.41, 5.74) is -1.77. The van der Waals surface area contributed by atoms with E-state index in [1.807, 2.05) is 0 Å². The highest BCUT2D eigenvalue weighted by Gasteiger charge is 2.27. The van der Waals surface area contributed by atoms with Crippen molar-refractivity contribution in [1.82, 2.24) is 0 Å². The minimum Gasteiger partial charge on any atom is -0.466 e. The van der Waals surface area contributed by atoms with E-state index in [-0.39, 0.29) is 18.0 Å². The maximum absolute atomic E-state index is 11.6. The molecule has 1 aromatic heterocycles. The van der Waals surface area contributed by atoms with Gasteiger partial charge in [-0.1, -0.05) is 0 Å². The fraction of sp³-hybridized carbons (Fsp3) is 0.231. The summed E-state index contributed by atoms with van der Waals surface area (Å²) in [5, 5.41) is 28.9. The minimum atomic E-state index is -4.18. The smallest absolute Gasteiger partial charge is 0.270 e. The summed E-state index contributed by atoms with van der Waals surface area (Å²) in [4.78, 5) is 9.61. The Morgan fingerprint density at radius 1 is 1.43 bits per heavy atom. The summed E-state index contributed by atoms with van der Waals surface area (Å²) >= 11 is 0. The molecular formula is C13H15N3O6S. The lowest BCUT2D eigenvalue weighted by atomic mass is 10.0. The van der Waals surface area contributed by atoms with E-state index in [4.69, 9.17) is 9.56 Å². The number of anilines is 1. The molecule has 1 unspecified atom stereocenters. The van der Waals surface area contributed by atoms with Gasteiger partial charge in [0.25, 0.3) is 5.69 Å². The first-order chi connectivity index (χ1) is 10.6.